The number of aromatic nitrogens is 2. The van der Waals surface area contributed by atoms with Crippen LogP contribution in [0.3, 0.4) is 0 Å². The Morgan fingerprint density at radius 1 is 1.44 bits per heavy atom. The summed E-state index contributed by atoms with van der Waals surface area (Å²) in [6, 6.07) is 2.05. The molecule has 16 heavy (non-hydrogen) atoms. The van der Waals surface area contributed by atoms with E-state index in [9.17, 15) is 0 Å². The predicted octanol–water partition coefficient (Wildman–Crippen LogP) is 2.18. The van der Waals surface area contributed by atoms with Crippen molar-refractivity contribution in [3.05, 3.63) is 17.3 Å². The molecule has 0 aliphatic heterocycles. The molecule has 0 aliphatic carbocycles. The van der Waals surface area contributed by atoms with Crippen molar-refractivity contribution < 1.29 is 0 Å². The van der Waals surface area contributed by atoms with Crippen LogP contribution in [0.5, 0.6) is 0 Å². The molecule has 2 heterocycles. The number of hydrogen-bond acceptors (Lipinski definition) is 5. The molecule has 5 heteroatoms. The minimum Gasteiger partial charge on any atom is -0.372 e. The van der Waals surface area contributed by atoms with Gasteiger partial charge in [-0.05, 0) is 25.0 Å². The molecule has 0 atom stereocenters. The topological polar surface area (TPSA) is 41.1 Å². The molecule has 0 fully saturated rings. The molecular weight excluding hydrogens is 220 g/mol. The van der Waals surface area contributed by atoms with Gasteiger partial charge >= 0.3 is 0 Å². The molecule has 2 rings (SSSR count). The molecule has 0 saturated carbocycles. The van der Waals surface area contributed by atoms with Gasteiger partial charge in [0.2, 0.25) is 0 Å². The monoisotopic (exact) mass is 236 g/mol. The lowest BCUT2D eigenvalue weighted by Gasteiger charge is -2.13. The Morgan fingerprint density at radius 3 is 2.94 bits per heavy atom. The first-order valence-electron chi connectivity index (χ1n) is 5.35. The third kappa shape index (κ3) is 2.15. The Bertz CT molecular complexity index is 480. The van der Waals surface area contributed by atoms with Crippen LogP contribution in [0.25, 0.3) is 10.2 Å². The highest BCUT2D eigenvalue weighted by Crippen LogP contribution is 2.24. The molecule has 86 valence electrons. The standard InChI is InChI=1S/C11H16N4S/c1-4-15(3)7-9-13-10(12-2)8-5-6-16-11(8)14-9/h5-6H,4,7H2,1-3H3,(H,12,13,14). The van der Waals surface area contributed by atoms with Crippen LogP contribution >= 0.6 is 11.3 Å². The van der Waals surface area contributed by atoms with Gasteiger partial charge in [0.05, 0.1) is 11.9 Å². The van der Waals surface area contributed by atoms with E-state index in [4.69, 9.17) is 0 Å². The van der Waals surface area contributed by atoms with Crippen molar-refractivity contribution in [1.29, 1.82) is 0 Å². The van der Waals surface area contributed by atoms with Crippen LogP contribution in [-0.4, -0.2) is 35.5 Å². The minimum absolute atomic E-state index is 0.791. The van der Waals surface area contributed by atoms with Crippen LogP contribution in [0.15, 0.2) is 11.4 Å². The maximum absolute atomic E-state index is 4.56. The molecule has 4 nitrogen and oxygen atoms in total. The van der Waals surface area contributed by atoms with Crippen LogP contribution in [0.4, 0.5) is 5.82 Å². The van der Waals surface area contributed by atoms with Crippen LogP contribution in [-0.2, 0) is 6.54 Å². The van der Waals surface area contributed by atoms with Crippen LogP contribution in [0.1, 0.15) is 12.7 Å². The van der Waals surface area contributed by atoms with Crippen LogP contribution in [0, 0.1) is 0 Å². The lowest BCUT2D eigenvalue weighted by molar-refractivity contribution is 0.337. The molecule has 0 saturated heterocycles. The third-order valence-corrected chi connectivity index (χ3v) is 3.37. The van der Waals surface area contributed by atoms with Crippen molar-refractivity contribution in [2.24, 2.45) is 0 Å². The number of anilines is 1. The average Bonchev–Trinajstić information content (AvgIpc) is 2.75. The Labute approximate surface area is 99.3 Å². The summed E-state index contributed by atoms with van der Waals surface area (Å²) < 4.78 is 0. The second-order valence-corrected chi connectivity index (χ2v) is 4.60. The van der Waals surface area contributed by atoms with E-state index < -0.39 is 0 Å². The molecular formula is C11H16N4S. The van der Waals surface area contributed by atoms with E-state index in [0.29, 0.717) is 0 Å². The first kappa shape index (κ1) is 11.3. The van der Waals surface area contributed by atoms with Gasteiger partial charge in [-0.1, -0.05) is 6.92 Å². The number of fused-ring (bicyclic) bond motifs is 1. The molecule has 2 aromatic rings. The zero-order valence-corrected chi connectivity index (χ0v) is 10.6. The largest absolute Gasteiger partial charge is 0.372 e. The zero-order valence-electron chi connectivity index (χ0n) is 9.82. The van der Waals surface area contributed by atoms with Crippen molar-refractivity contribution in [3.8, 4) is 0 Å². The Morgan fingerprint density at radius 2 is 2.25 bits per heavy atom. The second kappa shape index (κ2) is 4.76. The number of nitrogens with one attached hydrogen (secondary N) is 1. The van der Waals surface area contributed by atoms with E-state index in [1.807, 2.05) is 12.4 Å². The third-order valence-electron chi connectivity index (χ3n) is 2.56. The van der Waals surface area contributed by atoms with Gasteiger partial charge in [0.1, 0.15) is 16.5 Å². The molecule has 0 spiro atoms. The van der Waals surface area contributed by atoms with Gasteiger partial charge in [0, 0.05) is 7.05 Å². The lowest BCUT2D eigenvalue weighted by Crippen LogP contribution is -2.18. The van der Waals surface area contributed by atoms with E-state index >= 15 is 0 Å². The van der Waals surface area contributed by atoms with Crippen molar-refractivity contribution >= 4 is 27.4 Å². The van der Waals surface area contributed by atoms with E-state index in [1.54, 1.807) is 11.3 Å². The van der Waals surface area contributed by atoms with E-state index in [2.05, 4.69) is 40.2 Å². The van der Waals surface area contributed by atoms with Gasteiger partial charge < -0.3 is 5.32 Å². The van der Waals surface area contributed by atoms with Crippen LogP contribution < -0.4 is 5.32 Å². The van der Waals surface area contributed by atoms with Crippen molar-refractivity contribution in [2.45, 2.75) is 13.5 Å². The summed E-state index contributed by atoms with van der Waals surface area (Å²) in [7, 11) is 3.97. The molecule has 0 aliphatic rings. The maximum atomic E-state index is 4.56. The van der Waals surface area contributed by atoms with Crippen LogP contribution in [0.2, 0.25) is 0 Å². The Hall–Kier alpha value is -1.20. The Balaban J connectivity index is 2.39. The van der Waals surface area contributed by atoms with Crippen molar-refractivity contribution in [1.82, 2.24) is 14.9 Å². The second-order valence-electron chi connectivity index (χ2n) is 3.71. The van der Waals surface area contributed by atoms with Crippen molar-refractivity contribution in [3.63, 3.8) is 0 Å². The smallest absolute Gasteiger partial charge is 0.146 e. The van der Waals surface area contributed by atoms with Gasteiger partial charge in [0.15, 0.2) is 0 Å². The summed E-state index contributed by atoms with van der Waals surface area (Å²) in [5, 5.41) is 6.28. The van der Waals surface area contributed by atoms with Gasteiger partial charge in [0.25, 0.3) is 0 Å². The molecule has 2 aromatic heterocycles. The molecule has 0 unspecified atom stereocenters. The summed E-state index contributed by atoms with van der Waals surface area (Å²) in [5.41, 5.74) is 0. The highest BCUT2D eigenvalue weighted by Gasteiger charge is 2.08. The molecule has 1 N–H and O–H groups in total. The fourth-order valence-electron chi connectivity index (χ4n) is 1.51. The summed E-state index contributed by atoms with van der Waals surface area (Å²) in [6.45, 7) is 3.92. The quantitative estimate of drug-likeness (QED) is 0.883. The molecule has 0 bridgehead atoms. The minimum atomic E-state index is 0.791. The number of thiophene rings is 1. The van der Waals surface area contributed by atoms with Gasteiger partial charge in [-0.25, -0.2) is 9.97 Å². The van der Waals surface area contributed by atoms with Crippen molar-refractivity contribution in [2.75, 3.05) is 26.0 Å². The first-order chi connectivity index (χ1) is 7.74. The zero-order chi connectivity index (χ0) is 11.5. The summed E-state index contributed by atoms with van der Waals surface area (Å²) in [4.78, 5) is 12.3. The van der Waals surface area contributed by atoms with Gasteiger partial charge in [-0.2, -0.15) is 0 Å². The molecule has 0 amide bonds. The number of nitrogens with zero attached hydrogens (tertiary/aromatic N) is 3. The normalized spacial score (nSPS) is 11.2. The van der Waals surface area contributed by atoms with E-state index in [1.165, 1.54) is 0 Å². The highest BCUT2D eigenvalue weighted by molar-refractivity contribution is 7.16. The fraction of sp³-hybridized carbons (Fsp3) is 0.455. The van der Waals surface area contributed by atoms with Gasteiger partial charge in [-0.15, -0.1) is 11.3 Å². The summed E-state index contributed by atoms with van der Waals surface area (Å²) >= 11 is 1.66. The average molecular weight is 236 g/mol. The van der Waals surface area contributed by atoms with Gasteiger partial charge in [-0.3, -0.25) is 4.90 Å². The van der Waals surface area contributed by atoms with E-state index in [0.717, 1.165) is 34.9 Å². The highest BCUT2D eigenvalue weighted by atomic mass is 32.1. The maximum Gasteiger partial charge on any atom is 0.146 e. The van der Waals surface area contributed by atoms with E-state index in [-0.39, 0.29) is 0 Å². The number of hydrogen-bond donors (Lipinski definition) is 1. The molecule has 0 radical (unpaired) electrons. The summed E-state index contributed by atoms with van der Waals surface area (Å²) in [5.74, 6) is 1.80. The first-order valence-corrected chi connectivity index (χ1v) is 6.23. The SMILES string of the molecule is CCN(C)Cc1nc(NC)c2ccsc2n1. The lowest BCUT2D eigenvalue weighted by atomic mass is 10.3. The number of rotatable bonds is 4. The fourth-order valence-corrected chi connectivity index (χ4v) is 2.30. The predicted molar refractivity (Wildman–Crippen MR) is 69.0 cm³/mol. The Kier molecular flexibility index (Phi) is 3.36. The summed E-state index contributed by atoms with van der Waals surface area (Å²) in [6.07, 6.45) is 0. The molecule has 0 aromatic carbocycles.